The Hall–Kier alpha value is -1.12. The van der Waals surface area contributed by atoms with Crippen LogP contribution in [0, 0.1) is 18.8 Å². The van der Waals surface area contributed by atoms with Gasteiger partial charge in [-0.25, -0.2) is 9.97 Å². The van der Waals surface area contributed by atoms with Gasteiger partial charge in [-0.1, -0.05) is 6.92 Å². The number of aromatic nitrogens is 2. The van der Waals surface area contributed by atoms with Gasteiger partial charge in [0.05, 0.1) is 0 Å². The van der Waals surface area contributed by atoms with E-state index in [-0.39, 0.29) is 0 Å². The second-order valence-corrected chi connectivity index (χ2v) is 4.24. The van der Waals surface area contributed by atoms with Gasteiger partial charge in [-0.15, -0.1) is 0 Å². The van der Waals surface area contributed by atoms with Gasteiger partial charge < -0.3 is 5.32 Å². The minimum absolute atomic E-state index is 0.769. The third kappa shape index (κ3) is 2.44. The summed E-state index contributed by atoms with van der Waals surface area (Å²) in [5.41, 5.74) is 1.02. The Morgan fingerprint density at radius 1 is 1.50 bits per heavy atom. The summed E-state index contributed by atoms with van der Waals surface area (Å²) < 4.78 is 0. The Morgan fingerprint density at radius 2 is 2.29 bits per heavy atom. The van der Waals surface area contributed by atoms with E-state index in [0.717, 1.165) is 29.9 Å². The Kier molecular flexibility index (Phi) is 2.66. The first kappa shape index (κ1) is 9.44. The number of aryl methyl sites for hydroxylation is 1. The van der Waals surface area contributed by atoms with E-state index >= 15 is 0 Å². The zero-order valence-electron chi connectivity index (χ0n) is 8.83. The highest BCUT2D eigenvalue weighted by Gasteiger charge is 2.27. The zero-order valence-corrected chi connectivity index (χ0v) is 8.83. The van der Waals surface area contributed by atoms with Crippen LogP contribution < -0.4 is 5.32 Å². The van der Waals surface area contributed by atoms with E-state index in [1.807, 2.05) is 13.0 Å². The molecule has 1 atom stereocenters. The quantitative estimate of drug-likeness (QED) is 0.793. The van der Waals surface area contributed by atoms with Crippen molar-refractivity contribution in [3.05, 3.63) is 18.1 Å². The third-order valence-electron chi connectivity index (χ3n) is 2.84. The predicted molar refractivity (Wildman–Crippen MR) is 57.1 cm³/mol. The van der Waals surface area contributed by atoms with Crippen LogP contribution in [-0.4, -0.2) is 16.5 Å². The van der Waals surface area contributed by atoms with Crippen molar-refractivity contribution in [2.45, 2.75) is 26.7 Å². The van der Waals surface area contributed by atoms with Gasteiger partial charge in [0.2, 0.25) is 0 Å². The van der Waals surface area contributed by atoms with E-state index in [1.165, 1.54) is 12.8 Å². The van der Waals surface area contributed by atoms with Crippen molar-refractivity contribution in [1.82, 2.24) is 9.97 Å². The molecule has 0 saturated heterocycles. The Morgan fingerprint density at radius 3 is 2.93 bits per heavy atom. The van der Waals surface area contributed by atoms with Crippen LogP contribution in [0.15, 0.2) is 12.4 Å². The molecule has 0 radical (unpaired) electrons. The molecule has 0 spiro atoms. The van der Waals surface area contributed by atoms with E-state index in [1.54, 1.807) is 6.33 Å². The summed E-state index contributed by atoms with van der Waals surface area (Å²) in [6, 6.07) is 1.99. The maximum absolute atomic E-state index is 4.17. The summed E-state index contributed by atoms with van der Waals surface area (Å²) in [5.74, 6) is 2.67. The largest absolute Gasteiger partial charge is 0.370 e. The second kappa shape index (κ2) is 3.95. The zero-order chi connectivity index (χ0) is 9.97. The van der Waals surface area contributed by atoms with Crippen molar-refractivity contribution in [3.63, 3.8) is 0 Å². The highest BCUT2D eigenvalue weighted by Crippen LogP contribution is 2.36. The highest BCUT2D eigenvalue weighted by atomic mass is 15.0. The third-order valence-corrected chi connectivity index (χ3v) is 2.84. The molecule has 1 N–H and O–H groups in total. The fraction of sp³-hybridized carbons (Fsp3) is 0.636. The lowest BCUT2D eigenvalue weighted by Crippen LogP contribution is -2.13. The Labute approximate surface area is 85.0 Å². The molecule has 1 aliphatic rings. The lowest BCUT2D eigenvalue weighted by Gasteiger charge is -2.11. The molecule has 0 aromatic carbocycles. The number of nitrogens with one attached hydrogen (secondary N) is 1. The van der Waals surface area contributed by atoms with Crippen LogP contribution in [0.1, 0.15) is 25.5 Å². The SMILES string of the molecule is Cc1cc(NCC(C)C2CC2)ncn1. The Bertz CT molecular complexity index is 307. The van der Waals surface area contributed by atoms with Crippen LogP contribution in [0.4, 0.5) is 5.82 Å². The van der Waals surface area contributed by atoms with E-state index in [0.29, 0.717) is 0 Å². The van der Waals surface area contributed by atoms with Crippen LogP contribution in [0.5, 0.6) is 0 Å². The summed E-state index contributed by atoms with van der Waals surface area (Å²) in [6.45, 7) is 5.32. The van der Waals surface area contributed by atoms with Gasteiger partial charge >= 0.3 is 0 Å². The standard InChI is InChI=1S/C11H17N3/c1-8(10-3-4-10)6-12-11-5-9(2)13-7-14-11/h5,7-8,10H,3-4,6H2,1-2H3,(H,12,13,14). The van der Waals surface area contributed by atoms with Crippen LogP contribution >= 0.6 is 0 Å². The lowest BCUT2D eigenvalue weighted by molar-refractivity contribution is 0.536. The van der Waals surface area contributed by atoms with E-state index in [9.17, 15) is 0 Å². The summed E-state index contributed by atoms with van der Waals surface area (Å²) in [7, 11) is 0. The number of anilines is 1. The van der Waals surface area contributed by atoms with Crippen molar-refractivity contribution < 1.29 is 0 Å². The average molecular weight is 191 g/mol. The molecular formula is C11H17N3. The summed E-state index contributed by atoms with van der Waals surface area (Å²) >= 11 is 0. The van der Waals surface area contributed by atoms with E-state index in [4.69, 9.17) is 0 Å². The van der Waals surface area contributed by atoms with Crippen LogP contribution in [0.25, 0.3) is 0 Å². The first-order valence-corrected chi connectivity index (χ1v) is 5.28. The van der Waals surface area contributed by atoms with Gasteiger partial charge in [0.25, 0.3) is 0 Å². The second-order valence-electron chi connectivity index (χ2n) is 4.24. The first-order valence-electron chi connectivity index (χ1n) is 5.28. The number of rotatable bonds is 4. The van der Waals surface area contributed by atoms with Gasteiger partial charge in [0.15, 0.2) is 0 Å². The fourth-order valence-electron chi connectivity index (χ4n) is 1.65. The predicted octanol–water partition coefficient (Wildman–Crippen LogP) is 2.24. The van der Waals surface area contributed by atoms with Crippen LogP contribution in [-0.2, 0) is 0 Å². The van der Waals surface area contributed by atoms with Crippen molar-refractivity contribution in [2.24, 2.45) is 11.8 Å². The van der Waals surface area contributed by atoms with E-state index in [2.05, 4.69) is 22.2 Å². The molecule has 1 heterocycles. The molecule has 0 amide bonds. The molecule has 3 heteroatoms. The number of hydrogen-bond acceptors (Lipinski definition) is 3. The maximum atomic E-state index is 4.17. The molecule has 1 fully saturated rings. The summed E-state index contributed by atoms with van der Waals surface area (Å²) in [4.78, 5) is 8.23. The molecule has 0 aliphatic heterocycles. The summed E-state index contributed by atoms with van der Waals surface area (Å²) in [6.07, 6.45) is 4.43. The fourth-order valence-corrected chi connectivity index (χ4v) is 1.65. The van der Waals surface area contributed by atoms with Crippen LogP contribution in [0.3, 0.4) is 0 Å². The van der Waals surface area contributed by atoms with Gasteiger partial charge in [-0.05, 0) is 31.6 Å². The van der Waals surface area contributed by atoms with Gasteiger partial charge in [-0.2, -0.15) is 0 Å². The molecule has 1 aliphatic carbocycles. The van der Waals surface area contributed by atoms with Gasteiger partial charge in [0.1, 0.15) is 12.1 Å². The van der Waals surface area contributed by atoms with Crippen molar-refractivity contribution in [3.8, 4) is 0 Å². The monoisotopic (exact) mass is 191 g/mol. The topological polar surface area (TPSA) is 37.8 Å². The average Bonchev–Trinajstić information content (AvgIpc) is 2.97. The minimum atomic E-state index is 0.769. The summed E-state index contributed by atoms with van der Waals surface area (Å²) in [5, 5.41) is 3.36. The van der Waals surface area contributed by atoms with Crippen LogP contribution in [0.2, 0.25) is 0 Å². The van der Waals surface area contributed by atoms with Gasteiger partial charge in [0, 0.05) is 18.3 Å². The number of nitrogens with zero attached hydrogens (tertiary/aromatic N) is 2. The minimum Gasteiger partial charge on any atom is -0.370 e. The van der Waals surface area contributed by atoms with E-state index < -0.39 is 0 Å². The molecular weight excluding hydrogens is 174 g/mol. The van der Waals surface area contributed by atoms with Gasteiger partial charge in [-0.3, -0.25) is 0 Å². The molecule has 0 bridgehead atoms. The Balaban J connectivity index is 1.84. The molecule has 1 aromatic heterocycles. The molecule has 3 nitrogen and oxygen atoms in total. The van der Waals surface area contributed by atoms with Crippen molar-refractivity contribution in [2.75, 3.05) is 11.9 Å². The molecule has 76 valence electrons. The van der Waals surface area contributed by atoms with Crippen molar-refractivity contribution >= 4 is 5.82 Å². The number of hydrogen-bond donors (Lipinski definition) is 1. The maximum Gasteiger partial charge on any atom is 0.129 e. The van der Waals surface area contributed by atoms with Crippen molar-refractivity contribution in [1.29, 1.82) is 0 Å². The lowest BCUT2D eigenvalue weighted by atomic mass is 10.1. The smallest absolute Gasteiger partial charge is 0.129 e. The molecule has 1 saturated carbocycles. The molecule has 1 aromatic rings. The molecule has 2 rings (SSSR count). The first-order chi connectivity index (χ1) is 6.75. The normalized spacial score (nSPS) is 17.9. The molecule has 1 unspecified atom stereocenters. The highest BCUT2D eigenvalue weighted by molar-refractivity contribution is 5.34. The molecule has 14 heavy (non-hydrogen) atoms.